The van der Waals surface area contributed by atoms with Gasteiger partial charge in [0.15, 0.2) is 0 Å². The van der Waals surface area contributed by atoms with Crippen LogP contribution in [0.5, 0.6) is 0 Å². The largest absolute Gasteiger partial charge is 0.379 e. The van der Waals surface area contributed by atoms with E-state index in [1.165, 1.54) is 13.1 Å². The van der Waals surface area contributed by atoms with E-state index in [-0.39, 0.29) is 0 Å². The van der Waals surface area contributed by atoms with Gasteiger partial charge in [0.05, 0.1) is 13.2 Å². The minimum absolute atomic E-state index is 0.862. The van der Waals surface area contributed by atoms with E-state index >= 15 is 0 Å². The molecule has 2 rings (SSSR count). The molecule has 0 spiro atoms. The zero-order valence-corrected chi connectivity index (χ0v) is 9.37. The molecule has 0 bridgehead atoms. The molecule has 0 amide bonds. The van der Waals surface area contributed by atoms with E-state index < -0.39 is 0 Å². The van der Waals surface area contributed by atoms with Crippen molar-refractivity contribution in [3.63, 3.8) is 0 Å². The van der Waals surface area contributed by atoms with E-state index in [1.807, 2.05) is 0 Å². The summed E-state index contributed by atoms with van der Waals surface area (Å²) in [5.74, 6) is 0. The highest BCUT2D eigenvalue weighted by Gasteiger charge is 2.11. The van der Waals surface area contributed by atoms with E-state index in [9.17, 15) is 0 Å². The Balaban J connectivity index is 1.53. The first-order valence-electron chi connectivity index (χ1n) is 5.94. The van der Waals surface area contributed by atoms with Gasteiger partial charge in [0.25, 0.3) is 0 Å². The highest BCUT2D eigenvalue weighted by atomic mass is 16.5. The summed E-state index contributed by atoms with van der Waals surface area (Å²) in [4.78, 5) is 2.50. The van der Waals surface area contributed by atoms with Crippen LogP contribution in [0.1, 0.15) is 0 Å². The molecule has 0 aliphatic carbocycles. The average Bonchev–Trinajstić information content (AvgIpc) is 2.32. The van der Waals surface area contributed by atoms with Crippen molar-refractivity contribution in [1.82, 2.24) is 20.7 Å². The number of hydrogen-bond donors (Lipinski definition) is 2. The summed E-state index contributed by atoms with van der Waals surface area (Å²) >= 11 is 0. The molecule has 0 saturated carbocycles. The normalized spacial score (nSPS) is 25.6. The van der Waals surface area contributed by atoms with Crippen molar-refractivity contribution in [3.05, 3.63) is 0 Å². The van der Waals surface area contributed by atoms with Gasteiger partial charge in [-0.2, -0.15) is 0 Å². The predicted molar refractivity (Wildman–Crippen MR) is 59.7 cm³/mol. The zero-order valence-electron chi connectivity index (χ0n) is 9.37. The molecule has 2 saturated heterocycles. The number of piperazine rings is 1. The summed E-state index contributed by atoms with van der Waals surface area (Å²) in [6.07, 6.45) is 0. The van der Waals surface area contributed by atoms with Crippen molar-refractivity contribution >= 4 is 0 Å². The maximum atomic E-state index is 5.30. The summed E-state index contributed by atoms with van der Waals surface area (Å²) < 4.78 is 5.30. The van der Waals surface area contributed by atoms with Crippen LogP contribution in [0.15, 0.2) is 0 Å². The van der Waals surface area contributed by atoms with Crippen LogP contribution in [-0.2, 0) is 4.74 Å². The summed E-state index contributed by atoms with van der Waals surface area (Å²) in [5, 5.41) is 5.64. The molecule has 88 valence electrons. The van der Waals surface area contributed by atoms with Crippen LogP contribution in [0.25, 0.3) is 0 Å². The lowest BCUT2D eigenvalue weighted by atomic mass is 10.3. The molecule has 0 aromatic carbocycles. The number of rotatable bonds is 4. The molecule has 0 atom stereocenters. The minimum atomic E-state index is 0.862. The van der Waals surface area contributed by atoms with Crippen LogP contribution in [-0.4, -0.2) is 75.5 Å². The number of ether oxygens (including phenoxy) is 1. The number of hydrogen-bond acceptors (Lipinski definition) is 5. The number of nitrogens with zero attached hydrogens (tertiary/aromatic N) is 2. The van der Waals surface area contributed by atoms with E-state index in [2.05, 4.69) is 20.7 Å². The van der Waals surface area contributed by atoms with Crippen LogP contribution < -0.4 is 10.7 Å². The second-order valence-electron chi connectivity index (χ2n) is 4.10. The summed E-state index contributed by atoms with van der Waals surface area (Å²) in [7, 11) is 0. The van der Waals surface area contributed by atoms with E-state index in [4.69, 9.17) is 4.74 Å². The Hall–Kier alpha value is -0.200. The van der Waals surface area contributed by atoms with Gasteiger partial charge < -0.3 is 10.1 Å². The Kier molecular flexibility index (Phi) is 4.82. The highest BCUT2D eigenvalue weighted by molar-refractivity contribution is 4.68. The Morgan fingerprint density at radius 2 is 1.80 bits per heavy atom. The number of morpholine rings is 1. The number of nitrogens with one attached hydrogen (secondary N) is 2. The molecular formula is C10H22N4O. The molecule has 15 heavy (non-hydrogen) atoms. The maximum absolute atomic E-state index is 5.30. The fourth-order valence-electron chi connectivity index (χ4n) is 2.02. The van der Waals surface area contributed by atoms with Gasteiger partial charge in [-0.05, 0) is 0 Å². The first-order chi connectivity index (χ1) is 7.45. The molecule has 0 aromatic rings. The van der Waals surface area contributed by atoms with Gasteiger partial charge in [-0.25, -0.2) is 5.01 Å². The standard InChI is InChI=1S/C10H22N4O/c1-4-13(5-2-11-1)6-3-12-14-7-9-15-10-8-14/h11-12H,1-10H2. The summed E-state index contributed by atoms with van der Waals surface area (Å²) in [6.45, 7) is 10.6. The van der Waals surface area contributed by atoms with E-state index in [0.29, 0.717) is 0 Å². The van der Waals surface area contributed by atoms with Gasteiger partial charge in [0.1, 0.15) is 0 Å². The quantitative estimate of drug-likeness (QED) is 0.610. The van der Waals surface area contributed by atoms with Crippen LogP contribution in [0, 0.1) is 0 Å². The second-order valence-corrected chi connectivity index (χ2v) is 4.10. The minimum Gasteiger partial charge on any atom is -0.379 e. The van der Waals surface area contributed by atoms with Crippen molar-refractivity contribution in [2.24, 2.45) is 0 Å². The van der Waals surface area contributed by atoms with Crippen LogP contribution >= 0.6 is 0 Å². The lowest BCUT2D eigenvalue weighted by Gasteiger charge is -2.30. The lowest BCUT2D eigenvalue weighted by Crippen LogP contribution is -2.50. The molecule has 0 aromatic heterocycles. The third-order valence-electron chi connectivity index (χ3n) is 2.98. The summed E-state index contributed by atoms with van der Waals surface area (Å²) in [6, 6.07) is 0. The van der Waals surface area contributed by atoms with Crippen molar-refractivity contribution in [3.8, 4) is 0 Å². The van der Waals surface area contributed by atoms with Crippen molar-refractivity contribution in [2.75, 3.05) is 65.6 Å². The van der Waals surface area contributed by atoms with Gasteiger partial charge in [-0.1, -0.05) is 0 Å². The van der Waals surface area contributed by atoms with Crippen LogP contribution in [0.4, 0.5) is 0 Å². The van der Waals surface area contributed by atoms with Crippen LogP contribution in [0.2, 0.25) is 0 Å². The van der Waals surface area contributed by atoms with Gasteiger partial charge in [-0.15, -0.1) is 0 Å². The Bertz CT molecular complexity index is 149. The third-order valence-corrected chi connectivity index (χ3v) is 2.98. The fourth-order valence-corrected chi connectivity index (χ4v) is 2.02. The molecule has 2 heterocycles. The Morgan fingerprint density at radius 3 is 2.53 bits per heavy atom. The average molecular weight is 214 g/mol. The SMILES string of the molecule is C1CN(CCNN2CCOCC2)CCN1. The highest BCUT2D eigenvalue weighted by Crippen LogP contribution is 1.93. The Labute approximate surface area is 91.7 Å². The molecular weight excluding hydrogens is 192 g/mol. The van der Waals surface area contributed by atoms with Gasteiger partial charge in [-0.3, -0.25) is 10.3 Å². The molecule has 5 nitrogen and oxygen atoms in total. The molecule has 0 unspecified atom stereocenters. The van der Waals surface area contributed by atoms with Gasteiger partial charge in [0, 0.05) is 52.4 Å². The van der Waals surface area contributed by atoms with Gasteiger partial charge in [0.2, 0.25) is 0 Å². The fraction of sp³-hybridized carbons (Fsp3) is 1.00. The van der Waals surface area contributed by atoms with Crippen molar-refractivity contribution in [1.29, 1.82) is 0 Å². The second kappa shape index (κ2) is 6.40. The van der Waals surface area contributed by atoms with Gasteiger partial charge >= 0.3 is 0 Å². The lowest BCUT2D eigenvalue weighted by molar-refractivity contribution is 0.0104. The first kappa shape index (κ1) is 11.3. The third kappa shape index (κ3) is 4.04. The number of hydrazine groups is 1. The molecule has 2 fully saturated rings. The first-order valence-corrected chi connectivity index (χ1v) is 5.94. The van der Waals surface area contributed by atoms with E-state index in [0.717, 1.165) is 52.5 Å². The Morgan fingerprint density at radius 1 is 1.07 bits per heavy atom. The smallest absolute Gasteiger partial charge is 0.0608 e. The monoisotopic (exact) mass is 214 g/mol. The maximum Gasteiger partial charge on any atom is 0.0608 e. The molecule has 5 heteroatoms. The van der Waals surface area contributed by atoms with Crippen LogP contribution in [0.3, 0.4) is 0 Å². The molecule has 0 radical (unpaired) electrons. The predicted octanol–water partition coefficient (Wildman–Crippen LogP) is -1.27. The van der Waals surface area contributed by atoms with E-state index in [1.54, 1.807) is 0 Å². The van der Waals surface area contributed by atoms with Crippen molar-refractivity contribution in [2.45, 2.75) is 0 Å². The topological polar surface area (TPSA) is 39.8 Å². The molecule has 2 aliphatic rings. The summed E-state index contributed by atoms with van der Waals surface area (Å²) in [5.41, 5.74) is 3.46. The molecule has 2 N–H and O–H groups in total. The van der Waals surface area contributed by atoms with Crippen molar-refractivity contribution < 1.29 is 4.74 Å². The molecule has 2 aliphatic heterocycles. The zero-order chi connectivity index (χ0) is 10.3.